The van der Waals surface area contributed by atoms with Crippen LogP contribution in [-0.4, -0.2) is 15.7 Å². The van der Waals surface area contributed by atoms with E-state index in [9.17, 15) is 4.79 Å². The number of nitrogens with one attached hydrogen (secondary N) is 1. The van der Waals surface area contributed by atoms with Gasteiger partial charge in [-0.2, -0.15) is 5.10 Å². The molecule has 1 amide bonds. The maximum absolute atomic E-state index is 12.3. The van der Waals surface area contributed by atoms with Crippen molar-refractivity contribution in [1.29, 1.82) is 0 Å². The number of nitrogens with zero attached hydrogens (tertiary/aromatic N) is 2. The maximum Gasteiger partial charge on any atom is 0.224 e. The van der Waals surface area contributed by atoms with Crippen LogP contribution in [0.2, 0.25) is 0 Å². The van der Waals surface area contributed by atoms with Crippen LogP contribution in [0.4, 0.5) is 5.69 Å². The van der Waals surface area contributed by atoms with Crippen LogP contribution in [-0.2, 0) is 18.3 Å². The number of anilines is 1. The molecule has 0 unspecified atom stereocenters. The van der Waals surface area contributed by atoms with Crippen LogP contribution in [0, 0.1) is 34.6 Å². The molecule has 0 aliphatic rings. The number of carbonyl (C=O) groups excluding carboxylic acids is 1. The second kappa shape index (κ2) is 6.34. The lowest BCUT2D eigenvalue weighted by Crippen LogP contribution is -2.14. The average Bonchev–Trinajstić information content (AvgIpc) is 2.65. The minimum absolute atomic E-state index is 0.0534. The van der Waals surface area contributed by atoms with Gasteiger partial charge in [0.2, 0.25) is 5.91 Å². The zero-order chi connectivity index (χ0) is 16.4. The topological polar surface area (TPSA) is 46.9 Å². The zero-order valence-corrected chi connectivity index (χ0v) is 14.4. The molecule has 0 saturated heterocycles. The van der Waals surface area contributed by atoms with Gasteiger partial charge in [-0.25, -0.2) is 0 Å². The van der Waals surface area contributed by atoms with Crippen LogP contribution < -0.4 is 5.32 Å². The van der Waals surface area contributed by atoms with Crippen LogP contribution in [0.25, 0.3) is 0 Å². The molecule has 2 rings (SSSR count). The van der Waals surface area contributed by atoms with Crippen molar-refractivity contribution >= 4 is 11.6 Å². The highest BCUT2D eigenvalue weighted by molar-refractivity contribution is 5.92. The summed E-state index contributed by atoms with van der Waals surface area (Å²) in [6.07, 6.45) is 1.20. The van der Waals surface area contributed by atoms with Crippen molar-refractivity contribution in [3.05, 3.63) is 45.8 Å². The molecule has 0 fully saturated rings. The SMILES string of the molecule is Cc1cc(C)c(NC(=O)CCc2c(C)nn(C)c2C)c(C)c1. The van der Waals surface area contributed by atoms with Gasteiger partial charge < -0.3 is 5.32 Å². The van der Waals surface area contributed by atoms with Crippen molar-refractivity contribution < 1.29 is 4.79 Å². The third-order valence-electron chi connectivity index (χ3n) is 4.20. The highest BCUT2D eigenvalue weighted by Crippen LogP contribution is 2.22. The van der Waals surface area contributed by atoms with Gasteiger partial charge in [0.05, 0.1) is 5.69 Å². The second-order valence-corrected chi connectivity index (χ2v) is 6.09. The molecule has 22 heavy (non-hydrogen) atoms. The predicted octanol–water partition coefficient (Wildman–Crippen LogP) is 3.53. The summed E-state index contributed by atoms with van der Waals surface area (Å²) in [5, 5.41) is 7.45. The lowest BCUT2D eigenvalue weighted by molar-refractivity contribution is -0.116. The Morgan fingerprint density at radius 1 is 1.14 bits per heavy atom. The van der Waals surface area contributed by atoms with Gasteiger partial charge in [0, 0.05) is 24.8 Å². The number of aromatic nitrogens is 2. The summed E-state index contributed by atoms with van der Waals surface area (Å²) in [6.45, 7) is 10.2. The fourth-order valence-corrected chi connectivity index (χ4v) is 3.00. The summed E-state index contributed by atoms with van der Waals surface area (Å²) in [5.41, 5.74) is 7.70. The first kappa shape index (κ1) is 16.3. The van der Waals surface area contributed by atoms with E-state index in [0.717, 1.165) is 34.6 Å². The molecule has 0 aliphatic heterocycles. The molecule has 0 spiro atoms. The van der Waals surface area contributed by atoms with Crippen molar-refractivity contribution in [3.63, 3.8) is 0 Å². The predicted molar refractivity (Wildman–Crippen MR) is 90.3 cm³/mol. The van der Waals surface area contributed by atoms with Gasteiger partial charge in [-0.3, -0.25) is 9.48 Å². The Kier molecular flexibility index (Phi) is 4.69. The summed E-state index contributed by atoms with van der Waals surface area (Å²) < 4.78 is 1.87. The van der Waals surface area contributed by atoms with E-state index in [1.165, 1.54) is 11.1 Å². The molecule has 0 aliphatic carbocycles. The van der Waals surface area contributed by atoms with E-state index >= 15 is 0 Å². The van der Waals surface area contributed by atoms with Crippen LogP contribution in [0.3, 0.4) is 0 Å². The molecular weight excluding hydrogens is 274 g/mol. The molecule has 0 atom stereocenters. The Balaban J connectivity index is 2.05. The van der Waals surface area contributed by atoms with Crippen molar-refractivity contribution in [3.8, 4) is 0 Å². The van der Waals surface area contributed by atoms with Crippen LogP contribution in [0.1, 0.15) is 40.1 Å². The first-order valence-electron chi connectivity index (χ1n) is 7.66. The molecule has 0 bridgehead atoms. The Bertz CT molecular complexity index is 690. The molecule has 4 heteroatoms. The Hall–Kier alpha value is -2.10. The summed E-state index contributed by atoms with van der Waals surface area (Å²) >= 11 is 0. The third kappa shape index (κ3) is 3.38. The third-order valence-corrected chi connectivity index (χ3v) is 4.20. The standard InChI is InChI=1S/C18H25N3O/c1-11-9-12(2)18(13(3)10-11)19-17(22)8-7-16-14(4)20-21(6)15(16)5/h9-10H,7-8H2,1-6H3,(H,19,22). The molecule has 2 aromatic rings. The van der Waals surface area contributed by atoms with Crippen molar-refractivity contribution in [1.82, 2.24) is 9.78 Å². The molecule has 1 heterocycles. The van der Waals surface area contributed by atoms with Gasteiger partial charge in [0.1, 0.15) is 0 Å². The Morgan fingerprint density at radius 3 is 2.23 bits per heavy atom. The molecule has 118 valence electrons. The van der Waals surface area contributed by atoms with E-state index in [1.54, 1.807) is 0 Å². The van der Waals surface area contributed by atoms with Gasteiger partial charge in [-0.1, -0.05) is 17.7 Å². The smallest absolute Gasteiger partial charge is 0.224 e. The van der Waals surface area contributed by atoms with Crippen LogP contribution in [0.15, 0.2) is 12.1 Å². The molecular formula is C18H25N3O. The highest BCUT2D eigenvalue weighted by atomic mass is 16.1. The van der Waals surface area contributed by atoms with Gasteiger partial charge >= 0.3 is 0 Å². The van der Waals surface area contributed by atoms with Crippen LogP contribution >= 0.6 is 0 Å². The number of aryl methyl sites for hydroxylation is 5. The van der Waals surface area contributed by atoms with E-state index in [0.29, 0.717) is 6.42 Å². The zero-order valence-electron chi connectivity index (χ0n) is 14.4. The summed E-state index contributed by atoms with van der Waals surface area (Å²) in [5.74, 6) is 0.0534. The Labute approximate surface area is 132 Å². The molecule has 0 saturated carbocycles. The average molecular weight is 299 g/mol. The fraction of sp³-hybridized carbons (Fsp3) is 0.444. The number of amides is 1. The lowest BCUT2D eigenvalue weighted by atomic mass is 10.0. The van der Waals surface area contributed by atoms with E-state index in [2.05, 4.69) is 29.5 Å². The summed E-state index contributed by atoms with van der Waals surface area (Å²) in [7, 11) is 1.94. The quantitative estimate of drug-likeness (QED) is 0.938. The molecule has 1 aromatic carbocycles. The highest BCUT2D eigenvalue weighted by Gasteiger charge is 2.13. The molecule has 1 aromatic heterocycles. The van der Waals surface area contributed by atoms with Gasteiger partial charge in [-0.05, 0) is 57.7 Å². The summed E-state index contributed by atoms with van der Waals surface area (Å²) in [4.78, 5) is 12.3. The van der Waals surface area contributed by atoms with Crippen molar-refractivity contribution in [2.24, 2.45) is 7.05 Å². The molecule has 1 N–H and O–H groups in total. The van der Waals surface area contributed by atoms with E-state index in [-0.39, 0.29) is 5.91 Å². The fourth-order valence-electron chi connectivity index (χ4n) is 3.00. The van der Waals surface area contributed by atoms with Gasteiger partial charge in [0.15, 0.2) is 0 Å². The van der Waals surface area contributed by atoms with Crippen LogP contribution in [0.5, 0.6) is 0 Å². The van der Waals surface area contributed by atoms with E-state index in [1.807, 2.05) is 39.4 Å². The maximum atomic E-state index is 12.3. The van der Waals surface area contributed by atoms with Crippen molar-refractivity contribution in [2.75, 3.05) is 5.32 Å². The minimum Gasteiger partial charge on any atom is -0.326 e. The number of benzene rings is 1. The van der Waals surface area contributed by atoms with E-state index in [4.69, 9.17) is 0 Å². The lowest BCUT2D eigenvalue weighted by Gasteiger charge is -2.13. The second-order valence-electron chi connectivity index (χ2n) is 6.09. The number of hydrogen-bond donors (Lipinski definition) is 1. The molecule has 4 nitrogen and oxygen atoms in total. The number of hydrogen-bond acceptors (Lipinski definition) is 2. The first-order valence-corrected chi connectivity index (χ1v) is 7.66. The largest absolute Gasteiger partial charge is 0.326 e. The number of rotatable bonds is 4. The summed E-state index contributed by atoms with van der Waals surface area (Å²) in [6, 6.07) is 4.19. The monoisotopic (exact) mass is 299 g/mol. The molecule has 0 radical (unpaired) electrons. The normalized spacial score (nSPS) is 10.8. The van der Waals surface area contributed by atoms with Crippen molar-refractivity contribution in [2.45, 2.75) is 47.5 Å². The first-order chi connectivity index (χ1) is 10.3. The Morgan fingerprint density at radius 2 is 1.73 bits per heavy atom. The number of carbonyl (C=O) groups is 1. The van der Waals surface area contributed by atoms with Gasteiger partial charge in [0.25, 0.3) is 0 Å². The van der Waals surface area contributed by atoms with E-state index < -0.39 is 0 Å². The minimum atomic E-state index is 0.0534. The van der Waals surface area contributed by atoms with Gasteiger partial charge in [-0.15, -0.1) is 0 Å².